The Balaban J connectivity index is 2.22. The maximum absolute atomic E-state index is 12.9. The molecule has 1 amide bonds. The number of alkyl halides is 3. The molecule has 6 nitrogen and oxygen atoms in total. The minimum absolute atomic E-state index is 0.336. The maximum atomic E-state index is 12.9. The number of ether oxygens (including phenoxy) is 2. The SMILES string of the molecule is CCOc1ccc(NC(=O)Cn2cc(C(F)(F)F)cc(Cl)c2=O)cc1OCC. The molecule has 152 valence electrons. The highest BCUT2D eigenvalue weighted by Gasteiger charge is 2.32. The molecule has 0 spiro atoms. The van der Waals surface area contributed by atoms with Crippen LogP contribution in [0.25, 0.3) is 0 Å². The van der Waals surface area contributed by atoms with Gasteiger partial charge in [0.25, 0.3) is 5.56 Å². The van der Waals surface area contributed by atoms with E-state index in [2.05, 4.69) is 5.32 Å². The van der Waals surface area contributed by atoms with Crippen molar-refractivity contribution in [3.8, 4) is 11.5 Å². The molecule has 1 N–H and O–H groups in total. The van der Waals surface area contributed by atoms with Gasteiger partial charge >= 0.3 is 6.18 Å². The molecule has 0 saturated carbocycles. The van der Waals surface area contributed by atoms with Crippen LogP contribution < -0.4 is 20.3 Å². The minimum atomic E-state index is -4.70. The molecule has 0 aliphatic carbocycles. The van der Waals surface area contributed by atoms with E-state index in [1.165, 1.54) is 6.07 Å². The lowest BCUT2D eigenvalue weighted by atomic mass is 10.2. The molecular weight excluding hydrogens is 401 g/mol. The number of carbonyl (C=O) groups excluding carboxylic acids is 1. The van der Waals surface area contributed by atoms with Gasteiger partial charge in [0.15, 0.2) is 11.5 Å². The van der Waals surface area contributed by atoms with E-state index in [1.54, 1.807) is 19.1 Å². The van der Waals surface area contributed by atoms with E-state index in [0.29, 0.717) is 47.2 Å². The summed E-state index contributed by atoms with van der Waals surface area (Å²) in [7, 11) is 0. The van der Waals surface area contributed by atoms with E-state index in [9.17, 15) is 22.8 Å². The van der Waals surface area contributed by atoms with E-state index in [4.69, 9.17) is 21.1 Å². The fraction of sp³-hybridized carbons (Fsp3) is 0.333. The number of pyridine rings is 1. The van der Waals surface area contributed by atoms with Gasteiger partial charge in [-0.1, -0.05) is 11.6 Å². The van der Waals surface area contributed by atoms with Crippen molar-refractivity contribution in [1.29, 1.82) is 0 Å². The Bertz CT molecular complexity index is 913. The highest BCUT2D eigenvalue weighted by atomic mass is 35.5. The van der Waals surface area contributed by atoms with Gasteiger partial charge in [0, 0.05) is 18.0 Å². The molecule has 1 heterocycles. The molecular formula is C18H18ClF3N2O4. The number of halogens is 4. The second-order valence-corrected chi connectivity index (χ2v) is 5.99. The van der Waals surface area contributed by atoms with Crippen molar-refractivity contribution in [3.63, 3.8) is 0 Å². The zero-order valence-corrected chi connectivity index (χ0v) is 15.9. The Morgan fingerprint density at radius 3 is 2.39 bits per heavy atom. The molecule has 2 aromatic rings. The Morgan fingerprint density at radius 2 is 1.79 bits per heavy atom. The van der Waals surface area contributed by atoms with Gasteiger partial charge in [-0.15, -0.1) is 0 Å². The fourth-order valence-electron chi connectivity index (χ4n) is 2.36. The molecule has 0 aliphatic heterocycles. The molecule has 0 fully saturated rings. The van der Waals surface area contributed by atoms with Gasteiger partial charge < -0.3 is 19.4 Å². The van der Waals surface area contributed by atoms with Crippen molar-refractivity contribution >= 4 is 23.2 Å². The number of hydrogen-bond donors (Lipinski definition) is 1. The second kappa shape index (κ2) is 9.01. The number of amides is 1. The topological polar surface area (TPSA) is 69.6 Å². The van der Waals surface area contributed by atoms with E-state index in [1.807, 2.05) is 6.92 Å². The van der Waals surface area contributed by atoms with Crippen LogP contribution in [0, 0.1) is 0 Å². The maximum Gasteiger partial charge on any atom is 0.417 e. The molecule has 10 heteroatoms. The van der Waals surface area contributed by atoms with Crippen LogP contribution >= 0.6 is 11.6 Å². The Hall–Kier alpha value is -2.68. The quantitative estimate of drug-likeness (QED) is 0.739. The van der Waals surface area contributed by atoms with E-state index >= 15 is 0 Å². The van der Waals surface area contributed by atoms with Crippen LogP contribution in [0.4, 0.5) is 18.9 Å². The molecule has 0 bridgehead atoms. The van der Waals surface area contributed by atoms with Gasteiger partial charge in [-0.3, -0.25) is 9.59 Å². The first-order valence-electron chi connectivity index (χ1n) is 8.32. The summed E-state index contributed by atoms with van der Waals surface area (Å²) in [5.74, 6) is 0.189. The molecule has 1 aromatic heterocycles. The summed E-state index contributed by atoms with van der Waals surface area (Å²) in [5.41, 5.74) is -1.68. The number of nitrogens with zero attached hydrogens (tertiary/aromatic N) is 1. The van der Waals surface area contributed by atoms with E-state index in [-0.39, 0.29) is 0 Å². The van der Waals surface area contributed by atoms with Crippen LogP contribution in [-0.2, 0) is 17.5 Å². The van der Waals surface area contributed by atoms with Crippen LogP contribution in [-0.4, -0.2) is 23.7 Å². The van der Waals surface area contributed by atoms with E-state index < -0.39 is 34.8 Å². The third kappa shape index (κ3) is 5.41. The standard InChI is InChI=1S/C18H18ClF3N2O4/c1-3-27-14-6-5-12(8-15(14)28-4-2)23-16(25)10-24-9-11(18(20,21)22)7-13(19)17(24)26/h5-9H,3-4,10H2,1-2H3,(H,23,25). The lowest BCUT2D eigenvalue weighted by Crippen LogP contribution is -2.29. The third-order valence-electron chi connectivity index (χ3n) is 3.51. The van der Waals surface area contributed by atoms with Gasteiger partial charge in [0.05, 0.1) is 18.8 Å². The number of carbonyl (C=O) groups is 1. The van der Waals surface area contributed by atoms with Gasteiger partial charge in [-0.25, -0.2) is 0 Å². The zero-order chi connectivity index (χ0) is 20.9. The van der Waals surface area contributed by atoms with Gasteiger partial charge in [0.2, 0.25) is 5.91 Å². The molecule has 28 heavy (non-hydrogen) atoms. The highest BCUT2D eigenvalue weighted by Crippen LogP contribution is 2.31. The van der Waals surface area contributed by atoms with Gasteiger partial charge in [-0.2, -0.15) is 13.2 Å². The summed E-state index contributed by atoms with van der Waals surface area (Å²) in [6.45, 7) is 3.74. The molecule has 0 radical (unpaired) electrons. The molecule has 0 saturated heterocycles. The highest BCUT2D eigenvalue weighted by molar-refractivity contribution is 6.30. The third-order valence-corrected chi connectivity index (χ3v) is 3.78. The van der Waals surface area contributed by atoms with Gasteiger partial charge in [-0.05, 0) is 32.0 Å². The number of benzene rings is 1. The fourth-order valence-corrected chi connectivity index (χ4v) is 2.58. The van der Waals surface area contributed by atoms with Crippen molar-refractivity contribution in [2.45, 2.75) is 26.6 Å². The summed E-state index contributed by atoms with van der Waals surface area (Å²) in [6.07, 6.45) is -4.14. The van der Waals surface area contributed by atoms with Crippen molar-refractivity contribution in [1.82, 2.24) is 4.57 Å². The van der Waals surface area contributed by atoms with Crippen molar-refractivity contribution in [3.05, 3.63) is 51.4 Å². The molecule has 2 rings (SSSR count). The number of rotatable bonds is 7. The lowest BCUT2D eigenvalue weighted by Gasteiger charge is -2.14. The van der Waals surface area contributed by atoms with Crippen LogP contribution in [0.5, 0.6) is 11.5 Å². The predicted octanol–water partition coefficient (Wildman–Crippen LogP) is 3.96. The lowest BCUT2D eigenvalue weighted by molar-refractivity contribution is -0.138. The smallest absolute Gasteiger partial charge is 0.417 e. The van der Waals surface area contributed by atoms with Gasteiger partial charge in [0.1, 0.15) is 11.6 Å². The Kier molecular flexibility index (Phi) is 6.95. The summed E-state index contributed by atoms with van der Waals surface area (Å²) in [4.78, 5) is 24.2. The number of hydrogen-bond acceptors (Lipinski definition) is 4. The summed E-state index contributed by atoms with van der Waals surface area (Å²) in [6, 6.07) is 5.19. The molecule has 0 unspecified atom stereocenters. The first kappa shape index (κ1) is 21.6. The average Bonchev–Trinajstić information content (AvgIpc) is 2.60. The largest absolute Gasteiger partial charge is 0.490 e. The number of nitrogens with one attached hydrogen (secondary N) is 1. The Labute approximate surface area is 163 Å². The first-order valence-corrected chi connectivity index (χ1v) is 8.70. The normalized spacial score (nSPS) is 11.2. The molecule has 0 atom stereocenters. The van der Waals surface area contributed by atoms with Crippen LogP contribution in [0.15, 0.2) is 35.3 Å². The van der Waals surface area contributed by atoms with Crippen LogP contribution in [0.3, 0.4) is 0 Å². The van der Waals surface area contributed by atoms with Crippen molar-refractivity contribution in [2.75, 3.05) is 18.5 Å². The first-order chi connectivity index (χ1) is 13.2. The monoisotopic (exact) mass is 418 g/mol. The summed E-state index contributed by atoms with van der Waals surface area (Å²) in [5, 5.41) is 1.88. The van der Waals surface area contributed by atoms with Crippen molar-refractivity contribution in [2.24, 2.45) is 0 Å². The van der Waals surface area contributed by atoms with Crippen LogP contribution in [0.1, 0.15) is 19.4 Å². The molecule has 0 aliphatic rings. The number of aromatic nitrogens is 1. The second-order valence-electron chi connectivity index (χ2n) is 5.58. The zero-order valence-electron chi connectivity index (χ0n) is 15.1. The summed E-state index contributed by atoms with van der Waals surface area (Å²) >= 11 is 5.58. The number of anilines is 1. The van der Waals surface area contributed by atoms with Crippen LogP contribution in [0.2, 0.25) is 5.02 Å². The predicted molar refractivity (Wildman–Crippen MR) is 98.1 cm³/mol. The average molecular weight is 419 g/mol. The molecule has 1 aromatic carbocycles. The van der Waals surface area contributed by atoms with E-state index in [0.717, 1.165) is 0 Å². The minimum Gasteiger partial charge on any atom is -0.490 e. The summed E-state index contributed by atoms with van der Waals surface area (Å²) < 4.78 is 50.1. The Morgan fingerprint density at radius 1 is 1.14 bits per heavy atom. The van der Waals surface area contributed by atoms with Crippen molar-refractivity contribution < 1.29 is 27.4 Å².